The maximum atomic E-state index is 12.3. The Morgan fingerprint density at radius 2 is 0.980 bits per heavy atom. The first-order valence-electron chi connectivity index (χ1n) is 16.0. The van der Waals surface area contributed by atoms with Crippen molar-refractivity contribution < 1.29 is 43.3 Å². The SMILES string of the molecule is C[C@@H](CN1C(=O)c2ccccc2C1=O)NC(=O)OCc1ccccc1.C[C@@H](CO)NC(=O)OCc1ccccc1.O=C1NC(=O)c2ccccc21. The molecule has 0 aromatic heterocycles. The highest BCUT2D eigenvalue weighted by Gasteiger charge is 2.36. The number of amides is 6. The highest BCUT2D eigenvalue weighted by atomic mass is 16.6. The first-order chi connectivity index (χ1) is 24.6. The van der Waals surface area contributed by atoms with E-state index in [2.05, 4.69) is 16.0 Å². The predicted octanol–water partition coefficient (Wildman–Crippen LogP) is 4.46. The van der Waals surface area contributed by atoms with Crippen LogP contribution in [0.15, 0.2) is 109 Å². The smallest absolute Gasteiger partial charge is 0.407 e. The monoisotopic (exact) mass is 694 g/mol. The van der Waals surface area contributed by atoms with E-state index in [4.69, 9.17) is 14.6 Å². The van der Waals surface area contributed by atoms with Gasteiger partial charge < -0.3 is 25.2 Å². The average Bonchev–Trinajstić information content (AvgIpc) is 3.57. The van der Waals surface area contributed by atoms with Crippen molar-refractivity contribution in [2.45, 2.75) is 39.1 Å². The van der Waals surface area contributed by atoms with Crippen LogP contribution in [-0.4, -0.2) is 71.1 Å². The zero-order valence-corrected chi connectivity index (χ0v) is 28.0. The number of alkyl carbamates (subject to hydrolysis) is 2. The van der Waals surface area contributed by atoms with Crippen molar-refractivity contribution in [2.75, 3.05) is 13.2 Å². The Morgan fingerprint density at radius 1 is 0.608 bits per heavy atom. The number of ether oxygens (including phenoxy) is 2. The third-order valence-electron chi connectivity index (χ3n) is 7.41. The van der Waals surface area contributed by atoms with E-state index < -0.39 is 18.2 Å². The number of imide groups is 2. The minimum absolute atomic E-state index is 0.0901. The van der Waals surface area contributed by atoms with E-state index in [1.807, 2.05) is 60.7 Å². The van der Waals surface area contributed by atoms with E-state index in [1.54, 1.807) is 62.4 Å². The molecule has 2 aliphatic rings. The summed E-state index contributed by atoms with van der Waals surface area (Å²) in [6, 6.07) is 31.5. The van der Waals surface area contributed by atoms with Gasteiger partial charge in [-0.15, -0.1) is 0 Å². The molecule has 0 aliphatic carbocycles. The number of rotatable bonds is 9. The lowest BCUT2D eigenvalue weighted by molar-refractivity contribution is 0.0634. The van der Waals surface area contributed by atoms with Crippen LogP contribution in [0.1, 0.15) is 66.4 Å². The molecule has 6 amide bonds. The number of carbonyl (C=O) groups is 6. The Morgan fingerprint density at radius 3 is 1.39 bits per heavy atom. The molecular weight excluding hydrogens is 656 g/mol. The summed E-state index contributed by atoms with van der Waals surface area (Å²) in [6.07, 6.45) is -1.10. The molecule has 264 valence electrons. The Balaban J connectivity index is 0.000000190. The van der Waals surface area contributed by atoms with Crippen molar-refractivity contribution in [3.63, 3.8) is 0 Å². The molecule has 0 radical (unpaired) electrons. The maximum absolute atomic E-state index is 12.3. The normalized spacial score (nSPS) is 13.6. The number of hydrogen-bond donors (Lipinski definition) is 4. The molecule has 0 bridgehead atoms. The van der Waals surface area contributed by atoms with Gasteiger partial charge in [0.05, 0.1) is 34.9 Å². The maximum Gasteiger partial charge on any atom is 0.407 e. The molecule has 0 saturated carbocycles. The number of carbonyl (C=O) groups excluding carboxylic acids is 6. The van der Waals surface area contributed by atoms with E-state index >= 15 is 0 Å². The largest absolute Gasteiger partial charge is 0.445 e. The molecule has 13 nitrogen and oxygen atoms in total. The minimum Gasteiger partial charge on any atom is -0.445 e. The minimum atomic E-state index is -0.590. The summed E-state index contributed by atoms with van der Waals surface area (Å²) in [5.74, 6) is -1.28. The predicted molar refractivity (Wildman–Crippen MR) is 186 cm³/mol. The van der Waals surface area contributed by atoms with E-state index in [1.165, 1.54) is 0 Å². The zero-order chi connectivity index (χ0) is 36.8. The van der Waals surface area contributed by atoms with Gasteiger partial charge in [0.1, 0.15) is 13.2 Å². The van der Waals surface area contributed by atoms with Crippen LogP contribution in [0.2, 0.25) is 0 Å². The number of nitrogens with one attached hydrogen (secondary N) is 3. The van der Waals surface area contributed by atoms with Crippen LogP contribution in [0.5, 0.6) is 0 Å². The average molecular weight is 695 g/mol. The second kappa shape index (κ2) is 18.4. The second-order valence-electron chi connectivity index (χ2n) is 11.5. The Kier molecular flexibility index (Phi) is 13.5. The standard InChI is InChI=1S/C19H18N2O4.C11H15NO3.C8H5NO2/c1-13(20-19(24)25-12-14-7-3-2-4-8-14)11-21-17(22)15-9-5-6-10-16(15)18(21)23;1-9(7-13)12-11(14)15-8-10-5-3-2-4-6-10;10-7-5-3-1-2-4-6(5)8(11)9-7/h2-10,13H,11-12H2,1H3,(H,20,24);2-6,9,13H,7-8H2,1H3,(H,12,14);1-4H,(H,9,10,11)/t13-;9-;/m00./s1. The van der Waals surface area contributed by atoms with E-state index in [-0.39, 0.29) is 56.0 Å². The van der Waals surface area contributed by atoms with Crippen LogP contribution >= 0.6 is 0 Å². The summed E-state index contributed by atoms with van der Waals surface area (Å²) in [5.41, 5.74) is 3.54. The van der Waals surface area contributed by atoms with Crippen molar-refractivity contribution in [2.24, 2.45) is 0 Å². The first-order valence-corrected chi connectivity index (χ1v) is 16.0. The molecule has 4 N–H and O–H groups in total. The Hall–Kier alpha value is -6.34. The highest BCUT2D eigenvalue weighted by molar-refractivity contribution is 6.22. The molecule has 0 unspecified atom stereocenters. The zero-order valence-electron chi connectivity index (χ0n) is 28.0. The van der Waals surface area contributed by atoms with Crippen molar-refractivity contribution >= 4 is 35.8 Å². The molecular formula is C38H38N4O9. The number of fused-ring (bicyclic) bond motifs is 2. The summed E-state index contributed by atoms with van der Waals surface area (Å²) in [6.45, 7) is 3.81. The summed E-state index contributed by atoms with van der Waals surface area (Å²) < 4.78 is 10.1. The van der Waals surface area contributed by atoms with Gasteiger partial charge in [-0.05, 0) is 49.2 Å². The summed E-state index contributed by atoms with van der Waals surface area (Å²) in [5, 5.41) is 16.0. The quantitative estimate of drug-likeness (QED) is 0.184. The van der Waals surface area contributed by atoms with Crippen LogP contribution in [0.25, 0.3) is 0 Å². The molecule has 6 rings (SSSR count). The van der Waals surface area contributed by atoms with Crippen LogP contribution in [0, 0.1) is 0 Å². The third kappa shape index (κ3) is 10.8. The lowest BCUT2D eigenvalue weighted by Crippen LogP contribution is -2.44. The van der Waals surface area contributed by atoms with Crippen LogP contribution < -0.4 is 16.0 Å². The van der Waals surface area contributed by atoms with Gasteiger partial charge in [-0.25, -0.2) is 9.59 Å². The van der Waals surface area contributed by atoms with Gasteiger partial charge in [0.15, 0.2) is 0 Å². The lowest BCUT2D eigenvalue weighted by Gasteiger charge is -2.20. The number of hydrogen-bond acceptors (Lipinski definition) is 9. The van der Waals surface area contributed by atoms with Gasteiger partial charge in [0.2, 0.25) is 0 Å². The number of benzene rings is 4. The van der Waals surface area contributed by atoms with E-state index in [0.29, 0.717) is 22.3 Å². The van der Waals surface area contributed by atoms with Crippen molar-refractivity contribution in [1.82, 2.24) is 20.9 Å². The molecule has 0 saturated heterocycles. The highest BCUT2D eigenvalue weighted by Crippen LogP contribution is 2.22. The van der Waals surface area contributed by atoms with Crippen molar-refractivity contribution in [1.29, 1.82) is 0 Å². The van der Waals surface area contributed by atoms with E-state index in [9.17, 15) is 28.8 Å². The van der Waals surface area contributed by atoms with Gasteiger partial charge in [-0.3, -0.25) is 29.4 Å². The number of aliphatic hydroxyl groups is 1. The Labute approximate surface area is 294 Å². The second-order valence-corrected chi connectivity index (χ2v) is 11.5. The fourth-order valence-electron chi connectivity index (χ4n) is 4.82. The van der Waals surface area contributed by atoms with Crippen LogP contribution in [-0.2, 0) is 22.7 Å². The third-order valence-corrected chi connectivity index (χ3v) is 7.41. The molecule has 4 aromatic carbocycles. The van der Waals surface area contributed by atoms with Crippen molar-refractivity contribution in [3.05, 3.63) is 143 Å². The van der Waals surface area contributed by atoms with Gasteiger partial charge >= 0.3 is 12.2 Å². The fourth-order valence-corrected chi connectivity index (χ4v) is 4.82. The molecule has 4 aromatic rings. The summed E-state index contributed by atoms with van der Waals surface area (Å²) in [7, 11) is 0. The first kappa shape index (κ1) is 37.5. The van der Waals surface area contributed by atoms with Crippen molar-refractivity contribution in [3.8, 4) is 0 Å². The van der Waals surface area contributed by atoms with Crippen LogP contribution in [0.4, 0.5) is 9.59 Å². The lowest BCUT2D eigenvalue weighted by atomic mass is 10.1. The van der Waals surface area contributed by atoms with Gasteiger partial charge in [-0.1, -0.05) is 84.9 Å². The molecule has 51 heavy (non-hydrogen) atoms. The summed E-state index contributed by atoms with van der Waals surface area (Å²) >= 11 is 0. The molecule has 0 fully saturated rings. The Bertz CT molecular complexity index is 1780. The summed E-state index contributed by atoms with van der Waals surface area (Å²) in [4.78, 5) is 70.6. The molecule has 2 atom stereocenters. The topological polar surface area (TPSA) is 180 Å². The number of nitrogens with zero attached hydrogens (tertiary/aromatic N) is 1. The molecule has 13 heteroatoms. The van der Waals surface area contributed by atoms with Gasteiger partial charge in [-0.2, -0.15) is 0 Å². The molecule has 2 heterocycles. The van der Waals surface area contributed by atoms with Crippen LogP contribution in [0.3, 0.4) is 0 Å². The molecule has 2 aliphatic heterocycles. The number of aliphatic hydroxyl groups excluding tert-OH is 1. The van der Waals surface area contributed by atoms with Gasteiger partial charge in [0.25, 0.3) is 23.6 Å². The molecule has 0 spiro atoms. The van der Waals surface area contributed by atoms with E-state index in [0.717, 1.165) is 16.0 Å². The fraction of sp³-hybridized carbons (Fsp3) is 0.211. The van der Waals surface area contributed by atoms with Gasteiger partial charge in [0, 0.05) is 12.6 Å².